The first kappa shape index (κ1) is 15.6. The minimum atomic E-state index is -0.679. The monoisotopic (exact) mass is 343 g/mol. The van der Waals surface area contributed by atoms with Crippen LogP contribution in [0.3, 0.4) is 0 Å². The number of nitrogens with one attached hydrogen (secondary N) is 1. The number of aromatic nitrogens is 1. The van der Waals surface area contributed by atoms with Crippen LogP contribution >= 0.6 is 0 Å². The number of rotatable bonds is 3. The summed E-state index contributed by atoms with van der Waals surface area (Å²) in [6.07, 6.45) is 1.37. The van der Waals surface area contributed by atoms with Crippen LogP contribution in [0.5, 0.6) is 0 Å². The van der Waals surface area contributed by atoms with E-state index in [1.54, 1.807) is 11.0 Å². The molecule has 1 N–H and O–H groups in total. The summed E-state index contributed by atoms with van der Waals surface area (Å²) < 4.78 is 32.8. The molecular formula is C18H15F2N3O2. The Morgan fingerprint density at radius 2 is 2.08 bits per heavy atom. The summed E-state index contributed by atoms with van der Waals surface area (Å²) in [6.45, 7) is 0.608. The number of hydrogen-bond donors (Lipinski definition) is 1. The highest BCUT2D eigenvalue weighted by atomic mass is 19.1. The van der Waals surface area contributed by atoms with Crippen LogP contribution in [0, 0.1) is 11.6 Å². The maximum atomic E-state index is 13.8. The number of oxazole rings is 1. The summed E-state index contributed by atoms with van der Waals surface area (Å²) in [6, 6.07) is 10.1. The van der Waals surface area contributed by atoms with Crippen LogP contribution in [0.2, 0.25) is 0 Å². The van der Waals surface area contributed by atoms with Crippen molar-refractivity contribution in [2.75, 3.05) is 16.8 Å². The van der Waals surface area contributed by atoms with Crippen molar-refractivity contribution in [2.24, 2.45) is 0 Å². The van der Waals surface area contributed by atoms with E-state index in [-0.39, 0.29) is 5.69 Å². The van der Waals surface area contributed by atoms with Gasteiger partial charge in [-0.05, 0) is 37.1 Å². The molecule has 25 heavy (non-hydrogen) atoms. The van der Waals surface area contributed by atoms with E-state index in [2.05, 4.69) is 10.3 Å². The average Bonchev–Trinajstić information content (AvgIpc) is 3.24. The van der Waals surface area contributed by atoms with Gasteiger partial charge in [0, 0.05) is 12.6 Å². The quantitative estimate of drug-likeness (QED) is 0.788. The standard InChI is InChI=1S/C18H15F2N3O2/c19-11-7-8-12(20)14(10-11)21-17(24)15-5-3-9-23(15)18-22-13-4-1-2-6-16(13)25-18/h1-2,4,6-8,10,15H,3,5,9H2,(H,21,24). The number of amides is 1. The molecular weight excluding hydrogens is 328 g/mol. The Kier molecular flexibility index (Phi) is 3.83. The first-order valence-electron chi connectivity index (χ1n) is 8.00. The van der Waals surface area contributed by atoms with E-state index in [0.29, 0.717) is 30.1 Å². The topological polar surface area (TPSA) is 58.4 Å². The van der Waals surface area contributed by atoms with Gasteiger partial charge in [-0.15, -0.1) is 0 Å². The van der Waals surface area contributed by atoms with E-state index in [9.17, 15) is 13.6 Å². The molecule has 5 nitrogen and oxygen atoms in total. The summed E-state index contributed by atoms with van der Waals surface area (Å²) >= 11 is 0. The zero-order chi connectivity index (χ0) is 17.4. The lowest BCUT2D eigenvalue weighted by atomic mass is 10.2. The first-order chi connectivity index (χ1) is 12.1. The van der Waals surface area contributed by atoms with Crippen molar-refractivity contribution < 1.29 is 18.0 Å². The number of fused-ring (bicyclic) bond motifs is 1. The highest BCUT2D eigenvalue weighted by Crippen LogP contribution is 2.29. The maximum absolute atomic E-state index is 13.8. The molecule has 2 aromatic carbocycles. The Balaban J connectivity index is 1.58. The Bertz CT molecular complexity index is 908. The predicted octanol–water partition coefficient (Wildman–Crippen LogP) is 3.71. The molecule has 0 aliphatic carbocycles. The third-order valence-electron chi connectivity index (χ3n) is 4.27. The lowest BCUT2D eigenvalue weighted by Gasteiger charge is -2.22. The van der Waals surface area contributed by atoms with Crippen molar-refractivity contribution in [3.8, 4) is 0 Å². The largest absolute Gasteiger partial charge is 0.423 e. The fourth-order valence-electron chi connectivity index (χ4n) is 3.06. The Hall–Kier alpha value is -2.96. The van der Waals surface area contributed by atoms with Crippen molar-refractivity contribution in [1.29, 1.82) is 0 Å². The van der Waals surface area contributed by atoms with Gasteiger partial charge in [0.15, 0.2) is 5.58 Å². The molecule has 7 heteroatoms. The van der Waals surface area contributed by atoms with Crippen LogP contribution in [0.4, 0.5) is 20.5 Å². The minimum Gasteiger partial charge on any atom is -0.423 e. The zero-order valence-corrected chi connectivity index (χ0v) is 13.2. The van der Waals surface area contributed by atoms with Crippen molar-refractivity contribution in [3.05, 3.63) is 54.1 Å². The molecule has 1 saturated heterocycles. The van der Waals surface area contributed by atoms with Crippen LogP contribution in [0.25, 0.3) is 11.1 Å². The van der Waals surface area contributed by atoms with Crippen LogP contribution in [-0.4, -0.2) is 23.5 Å². The maximum Gasteiger partial charge on any atom is 0.299 e. The SMILES string of the molecule is O=C(Nc1cc(F)ccc1F)C1CCCN1c1nc2ccccc2o1. The normalized spacial score (nSPS) is 17.2. The molecule has 1 atom stereocenters. The Labute approximate surface area is 142 Å². The van der Waals surface area contributed by atoms with Crippen molar-refractivity contribution >= 4 is 28.7 Å². The number of halogens is 2. The minimum absolute atomic E-state index is 0.172. The van der Waals surface area contributed by atoms with Gasteiger partial charge in [-0.2, -0.15) is 4.98 Å². The van der Waals surface area contributed by atoms with Gasteiger partial charge < -0.3 is 14.6 Å². The van der Waals surface area contributed by atoms with Crippen LogP contribution in [0.1, 0.15) is 12.8 Å². The van der Waals surface area contributed by atoms with Crippen LogP contribution in [0.15, 0.2) is 46.9 Å². The van der Waals surface area contributed by atoms with E-state index in [1.165, 1.54) is 0 Å². The third-order valence-corrected chi connectivity index (χ3v) is 4.27. The molecule has 1 unspecified atom stereocenters. The van der Waals surface area contributed by atoms with Gasteiger partial charge in [-0.3, -0.25) is 4.79 Å². The molecule has 0 spiro atoms. The van der Waals surface area contributed by atoms with Gasteiger partial charge in [0.05, 0.1) is 5.69 Å². The van der Waals surface area contributed by atoms with E-state index in [1.807, 2.05) is 18.2 Å². The molecule has 1 aromatic heterocycles. The molecule has 1 amide bonds. The lowest BCUT2D eigenvalue weighted by molar-refractivity contribution is -0.117. The Morgan fingerprint density at radius 1 is 1.24 bits per heavy atom. The molecule has 0 bridgehead atoms. The molecule has 2 heterocycles. The smallest absolute Gasteiger partial charge is 0.299 e. The van der Waals surface area contributed by atoms with E-state index >= 15 is 0 Å². The summed E-state index contributed by atoms with van der Waals surface area (Å²) in [5.74, 6) is -1.70. The highest BCUT2D eigenvalue weighted by Gasteiger charge is 2.34. The van der Waals surface area contributed by atoms with Crippen molar-refractivity contribution in [3.63, 3.8) is 0 Å². The Morgan fingerprint density at radius 3 is 2.92 bits per heavy atom. The molecule has 0 radical (unpaired) electrons. The molecule has 4 rings (SSSR count). The van der Waals surface area contributed by atoms with Gasteiger partial charge >= 0.3 is 0 Å². The molecule has 1 fully saturated rings. The second-order valence-corrected chi connectivity index (χ2v) is 5.93. The number of benzene rings is 2. The van der Waals surface area contributed by atoms with Crippen molar-refractivity contribution in [1.82, 2.24) is 4.98 Å². The summed E-state index contributed by atoms with van der Waals surface area (Å²) in [4.78, 5) is 18.7. The van der Waals surface area contributed by atoms with E-state index in [0.717, 1.165) is 24.6 Å². The summed E-state index contributed by atoms with van der Waals surface area (Å²) in [5, 5.41) is 2.46. The van der Waals surface area contributed by atoms with E-state index in [4.69, 9.17) is 4.42 Å². The first-order valence-corrected chi connectivity index (χ1v) is 8.00. The molecule has 3 aromatic rings. The number of para-hydroxylation sites is 2. The second kappa shape index (κ2) is 6.16. The molecule has 0 saturated carbocycles. The van der Waals surface area contributed by atoms with Crippen LogP contribution in [-0.2, 0) is 4.79 Å². The molecule has 128 valence electrons. The third kappa shape index (κ3) is 2.93. The van der Waals surface area contributed by atoms with Crippen molar-refractivity contribution in [2.45, 2.75) is 18.9 Å². The zero-order valence-electron chi connectivity index (χ0n) is 13.2. The number of anilines is 2. The second-order valence-electron chi connectivity index (χ2n) is 5.93. The summed E-state index contributed by atoms with van der Waals surface area (Å²) in [7, 11) is 0. The summed E-state index contributed by atoms with van der Waals surface area (Å²) in [5.41, 5.74) is 1.17. The molecule has 1 aliphatic rings. The number of carbonyl (C=O) groups excluding carboxylic acids is 1. The average molecular weight is 343 g/mol. The van der Waals surface area contributed by atoms with Gasteiger partial charge in [-0.1, -0.05) is 12.1 Å². The number of hydrogen-bond acceptors (Lipinski definition) is 4. The predicted molar refractivity (Wildman–Crippen MR) is 89.4 cm³/mol. The van der Waals surface area contributed by atoms with Crippen LogP contribution < -0.4 is 10.2 Å². The number of nitrogens with zero attached hydrogens (tertiary/aromatic N) is 2. The fourth-order valence-corrected chi connectivity index (χ4v) is 3.06. The van der Waals surface area contributed by atoms with Gasteiger partial charge in [0.1, 0.15) is 23.2 Å². The molecule has 1 aliphatic heterocycles. The van der Waals surface area contributed by atoms with Gasteiger partial charge in [0.2, 0.25) is 5.91 Å². The van der Waals surface area contributed by atoms with Gasteiger partial charge in [0.25, 0.3) is 6.01 Å². The lowest BCUT2D eigenvalue weighted by Crippen LogP contribution is -2.40. The van der Waals surface area contributed by atoms with Gasteiger partial charge in [-0.25, -0.2) is 8.78 Å². The number of carbonyl (C=O) groups is 1. The highest BCUT2D eigenvalue weighted by molar-refractivity contribution is 5.97. The fraction of sp³-hybridized carbons (Fsp3) is 0.222. The van der Waals surface area contributed by atoms with E-state index < -0.39 is 23.6 Å².